The predicted molar refractivity (Wildman–Crippen MR) is 114 cm³/mol. The number of hydrogen-bond donors (Lipinski definition) is 0. The van der Waals surface area contributed by atoms with Gasteiger partial charge in [-0.25, -0.2) is 0 Å². The standard InChI is InChI=1S/C24H21N3O4/c1-30-6-7-31-23-11-19-16(12-25)13-27(17-4-2-14(3-5-17)24(28)26-29)22(19)10-21(23)20-9-15-8-18(15)20/h2-5,10-11,13,15,18,20H,6-9H2,1H3. The highest BCUT2D eigenvalue weighted by Gasteiger charge is 2.54. The van der Waals surface area contributed by atoms with Crippen LogP contribution in [0.15, 0.2) is 47.8 Å². The Hall–Kier alpha value is -3.50. The van der Waals surface area contributed by atoms with Crippen LogP contribution in [-0.4, -0.2) is 30.8 Å². The van der Waals surface area contributed by atoms with Gasteiger partial charge >= 0.3 is 5.91 Å². The van der Waals surface area contributed by atoms with Crippen molar-refractivity contribution < 1.29 is 14.3 Å². The molecule has 1 heterocycles. The number of ether oxygens (including phenoxy) is 2. The molecule has 3 unspecified atom stereocenters. The van der Waals surface area contributed by atoms with Crippen LogP contribution in [0.4, 0.5) is 0 Å². The summed E-state index contributed by atoms with van der Waals surface area (Å²) in [5, 5.41) is 13.0. The summed E-state index contributed by atoms with van der Waals surface area (Å²) in [6, 6.07) is 13.0. The van der Waals surface area contributed by atoms with Crippen molar-refractivity contribution in [3.05, 3.63) is 64.2 Å². The SMILES string of the molecule is COCCOc1cc2c(C#N)cn(-c3ccc(C(=O)N=O)cc3)c2cc1C1CC2CC21. The van der Waals surface area contributed by atoms with Crippen molar-refractivity contribution in [2.75, 3.05) is 20.3 Å². The minimum atomic E-state index is -0.800. The molecule has 1 amide bonds. The molecule has 2 aliphatic rings. The highest BCUT2D eigenvalue weighted by molar-refractivity contribution is 5.95. The molecule has 5 rings (SSSR count). The summed E-state index contributed by atoms with van der Waals surface area (Å²) in [6.45, 7) is 0.958. The number of aromatic nitrogens is 1. The fourth-order valence-electron chi connectivity index (χ4n) is 4.74. The highest BCUT2D eigenvalue weighted by Crippen LogP contribution is 2.65. The quantitative estimate of drug-likeness (QED) is 0.417. The lowest BCUT2D eigenvalue weighted by Crippen LogP contribution is -2.16. The molecule has 0 saturated heterocycles. The van der Waals surface area contributed by atoms with E-state index in [-0.39, 0.29) is 5.56 Å². The molecule has 7 nitrogen and oxygen atoms in total. The second-order valence-electron chi connectivity index (χ2n) is 8.22. The molecule has 0 radical (unpaired) electrons. The number of benzene rings is 2. The lowest BCUT2D eigenvalue weighted by Gasteiger charge is -2.27. The van der Waals surface area contributed by atoms with E-state index in [0.717, 1.165) is 34.2 Å². The molecule has 2 fully saturated rings. The second-order valence-corrected chi connectivity index (χ2v) is 8.22. The van der Waals surface area contributed by atoms with Gasteiger partial charge in [0, 0.05) is 35.1 Å². The van der Waals surface area contributed by atoms with Crippen LogP contribution in [0.3, 0.4) is 0 Å². The average Bonchev–Trinajstić information content (AvgIpc) is 3.29. The first kappa shape index (κ1) is 19.5. The van der Waals surface area contributed by atoms with Gasteiger partial charge < -0.3 is 14.0 Å². The maximum Gasteiger partial charge on any atom is 0.316 e. The van der Waals surface area contributed by atoms with Gasteiger partial charge in [-0.15, -0.1) is 4.91 Å². The zero-order valence-corrected chi connectivity index (χ0v) is 17.1. The molecule has 2 aliphatic carbocycles. The van der Waals surface area contributed by atoms with Gasteiger partial charge in [0.1, 0.15) is 18.4 Å². The number of amides is 1. The molecule has 0 spiro atoms. The maximum absolute atomic E-state index is 11.5. The van der Waals surface area contributed by atoms with Crippen LogP contribution in [0, 0.1) is 28.1 Å². The average molecular weight is 415 g/mol. The van der Waals surface area contributed by atoms with Crippen LogP contribution >= 0.6 is 0 Å². The number of rotatable bonds is 7. The Morgan fingerprint density at radius 2 is 2.03 bits per heavy atom. The number of nitroso groups, excluding NO2 is 1. The third-order valence-electron chi connectivity index (χ3n) is 6.53. The monoisotopic (exact) mass is 415 g/mol. The second kappa shape index (κ2) is 7.64. The number of nitriles is 1. The Morgan fingerprint density at radius 3 is 2.65 bits per heavy atom. The summed E-state index contributed by atoms with van der Waals surface area (Å²) in [5.41, 5.74) is 3.68. The van der Waals surface area contributed by atoms with E-state index in [1.807, 2.05) is 10.6 Å². The number of hydrogen-bond acceptors (Lipinski definition) is 5. The molecule has 1 aromatic heterocycles. The molecule has 2 aromatic carbocycles. The number of fused-ring (bicyclic) bond motifs is 2. The lowest BCUT2D eigenvalue weighted by atomic mass is 9.79. The minimum Gasteiger partial charge on any atom is -0.491 e. The molecule has 3 aromatic rings. The van der Waals surface area contributed by atoms with Crippen molar-refractivity contribution in [1.29, 1.82) is 5.26 Å². The molecular formula is C24H21N3O4. The van der Waals surface area contributed by atoms with Crippen LogP contribution in [0.2, 0.25) is 0 Å². The van der Waals surface area contributed by atoms with Crippen molar-refractivity contribution >= 4 is 16.8 Å². The molecule has 2 saturated carbocycles. The smallest absolute Gasteiger partial charge is 0.316 e. The summed E-state index contributed by atoms with van der Waals surface area (Å²) in [4.78, 5) is 22.0. The molecule has 156 valence electrons. The van der Waals surface area contributed by atoms with Gasteiger partial charge in [0.2, 0.25) is 0 Å². The molecule has 0 aliphatic heterocycles. The Kier molecular flexibility index (Phi) is 4.79. The number of nitrogens with zero attached hydrogens (tertiary/aromatic N) is 3. The van der Waals surface area contributed by atoms with Crippen LogP contribution in [0.5, 0.6) is 5.75 Å². The highest BCUT2D eigenvalue weighted by atomic mass is 16.5. The van der Waals surface area contributed by atoms with Crippen molar-refractivity contribution in [2.24, 2.45) is 17.0 Å². The summed E-state index contributed by atoms with van der Waals surface area (Å²) in [6.07, 6.45) is 4.26. The normalized spacial score (nSPS) is 21.1. The van der Waals surface area contributed by atoms with Crippen molar-refractivity contribution in [3.63, 3.8) is 0 Å². The van der Waals surface area contributed by atoms with E-state index < -0.39 is 5.91 Å². The van der Waals surface area contributed by atoms with Gasteiger partial charge in [0.15, 0.2) is 0 Å². The van der Waals surface area contributed by atoms with Gasteiger partial charge in [-0.2, -0.15) is 5.26 Å². The van der Waals surface area contributed by atoms with Crippen LogP contribution in [0.1, 0.15) is 40.2 Å². The van der Waals surface area contributed by atoms with E-state index in [0.29, 0.717) is 24.7 Å². The molecule has 0 N–H and O–H groups in total. The van der Waals surface area contributed by atoms with Gasteiger partial charge in [-0.3, -0.25) is 4.79 Å². The van der Waals surface area contributed by atoms with Crippen molar-refractivity contribution in [1.82, 2.24) is 4.57 Å². The van der Waals surface area contributed by atoms with E-state index in [1.165, 1.54) is 18.4 Å². The maximum atomic E-state index is 11.5. The fourth-order valence-corrected chi connectivity index (χ4v) is 4.74. The molecule has 31 heavy (non-hydrogen) atoms. The first-order valence-electron chi connectivity index (χ1n) is 10.3. The molecule has 0 bridgehead atoms. The lowest BCUT2D eigenvalue weighted by molar-refractivity contribution is 0.100. The largest absolute Gasteiger partial charge is 0.491 e. The van der Waals surface area contributed by atoms with E-state index in [2.05, 4.69) is 17.3 Å². The number of carbonyl (C=O) groups excluding carboxylic acids is 1. The Balaban J connectivity index is 1.61. The van der Waals surface area contributed by atoms with Crippen LogP contribution < -0.4 is 4.74 Å². The first-order chi connectivity index (χ1) is 15.1. The third-order valence-corrected chi connectivity index (χ3v) is 6.53. The van der Waals surface area contributed by atoms with Crippen LogP contribution in [0.25, 0.3) is 16.6 Å². The van der Waals surface area contributed by atoms with E-state index in [9.17, 15) is 15.0 Å². The molecular weight excluding hydrogens is 394 g/mol. The molecule has 7 heteroatoms. The van der Waals surface area contributed by atoms with E-state index >= 15 is 0 Å². The van der Waals surface area contributed by atoms with E-state index in [1.54, 1.807) is 37.6 Å². The first-order valence-corrected chi connectivity index (χ1v) is 10.3. The van der Waals surface area contributed by atoms with E-state index in [4.69, 9.17) is 9.47 Å². The summed E-state index contributed by atoms with van der Waals surface area (Å²) in [5.74, 6) is 2.10. The third kappa shape index (κ3) is 3.29. The summed E-state index contributed by atoms with van der Waals surface area (Å²) >= 11 is 0. The van der Waals surface area contributed by atoms with Gasteiger partial charge in [-0.1, -0.05) is 0 Å². The Morgan fingerprint density at radius 1 is 1.23 bits per heavy atom. The van der Waals surface area contributed by atoms with Gasteiger partial charge in [0.05, 0.1) is 17.7 Å². The Bertz CT molecular complexity index is 1220. The van der Waals surface area contributed by atoms with Crippen LogP contribution in [-0.2, 0) is 4.74 Å². The zero-order chi connectivity index (χ0) is 21.5. The topological polar surface area (TPSA) is 93.7 Å². The number of methoxy groups -OCH3 is 1. The summed E-state index contributed by atoms with van der Waals surface area (Å²) in [7, 11) is 1.64. The number of carbonyl (C=O) groups is 1. The van der Waals surface area contributed by atoms with Gasteiger partial charge in [-0.05, 0) is 72.6 Å². The summed E-state index contributed by atoms with van der Waals surface area (Å²) < 4.78 is 13.1. The predicted octanol–water partition coefficient (Wildman–Crippen LogP) is 4.56. The minimum absolute atomic E-state index is 0.236. The van der Waals surface area contributed by atoms with Crippen molar-refractivity contribution in [2.45, 2.75) is 18.8 Å². The Labute approximate surface area is 179 Å². The molecule has 3 atom stereocenters. The fraction of sp³-hybridized carbons (Fsp3) is 0.333. The van der Waals surface area contributed by atoms with Gasteiger partial charge in [0.25, 0.3) is 0 Å². The zero-order valence-electron chi connectivity index (χ0n) is 17.1. The van der Waals surface area contributed by atoms with Crippen molar-refractivity contribution in [3.8, 4) is 17.5 Å².